The van der Waals surface area contributed by atoms with Gasteiger partial charge in [-0.15, -0.1) is 0 Å². The normalized spacial score (nSPS) is 13.2. The molecule has 7 nitrogen and oxygen atoms in total. The Morgan fingerprint density at radius 3 is 2.35 bits per heavy atom. The molecule has 0 saturated carbocycles. The standard InChI is InChI=1S/C26H25F3O7S/c1-14-5-9-17(10-6-14)37(32,33)36-24-18(11-7-15(2)8-12-20(30)34-4)21(23(27)25(28)29)16(3)19-13-35-26(31)22(19)24/h5-7,9-10H,8,11-13H2,1-4H3. The molecule has 0 unspecified atom stereocenters. The number of fused-ring (bicyclic) bond motifs is 1. The van der Waals surface area contributed by atoms with E-state index in [1.54, 1.807) is 13.8 Å². The highest BCUT2D eigenvalue weighted by Gasteiger charge is 2.36. The molecule has 3 rings (SSSR count). The molecule has 2 aromatic carbocycles. The Kier molecular flexibility index (Phi) is 8.47. The van der Waals surface area contributed by atoms with Crippen LogP contribution in [-0.2, 0) is 37.4 Å². The summed E-state index contributed by atoms with van der Waals surface area (Å²) in [4.78, 5) is 23.8. The van der Waals surface area contributed by atoms with Crippen molar-refractivity contribution in [3.05, 3.63) is 75.4 Å². The lowest BCUT2D eigenvalue weighted by Crippen LogP contribution is -2.15. The van der Waals surface area contributed by atoms with Crippen molar-refractivity contribution in [3.63, 3.8) is 0 Å². The average molecular weight is 539 g/mol. The van der Waals surface area contributed by atoms with Gasteiger partial charge in [0.1, 0.15) is 17.1 Å². The Bertz CT molecular complexity index is 1400. The number of esters is 2. The van der Waals surface area contributed by atoms with Crippen LogP contribution in [0.15, 0.2) is 46.9 Å². The SMILES string of the molecule is COC(=O)CCC(C)=CCc1c(OS(=O)(=O)c2ccc(C)cc2)c2c(c(C)c1C(F)=C(F)F)COC2=O. The summed E-state index contributed by atoms with van der Waals surface area (Å²) in [6.07, 6.45) is -1.08. The van der Waals surface area contributed by atoms with E-state index in [1.165, 1.54) is 44.4 Å². The first-order valence-corrected chi connectivity index (χ1v) is 12.6. The molecule has 11 heteroatoms. The summed E-state index contributed by atoms with van der Waals surface area (Å²) in [5.74, 6) is -3.83. The molecular weight excluding hydrogens is 513 g/mol. The Hall–Kier alpha value is -3.60. The number of allylic oxidation sites excluding steroid dienone is 2. The van der Waals surface area contributed by atoms with E-state index in [-0.39, 0.29) is 53.0 Å². The minimum atomic E-state index is -4.55. The molecule has 0 bridgehead atoms. The van der Waals surface area contributed by atoms with Gasteiger partial charge in [0, 0.05) is 23.1 Å². The summed E-state index contributed by atoms with van der Waals surface area (Å²) < 4.78 is 83.1. The van der Waals surface area contributed by atoms with E-state index in [2.05, 4.69) is 4.74 Å². The van der Waals surface area contributed by atoms with Gasteiger partial charge in [-0.1, -0.05) is 29.3 Å². The van der Waals surface area contributed by atoms with Crippen molar-refractivity contribution in [1.82, 2.24) is 0 Å². The molecule has 1 aliphatic rings. The third-order valence-corrected chi connectivity index (χ3v) is 7.21. The second-order valence-corrected chi connectivity index (χ2v) is 10.0. The number of hydrogen-bond donors (Lipinski definition) is 0. The monoisotopic (exact) mass is 538 g/mol. The van der Waals surface area contributed by atoms with Crippen molar-refractivity contribution in [3.8, 4) is 5.75 Å². The summed E-state index contributed by atoms with van der Waals surface area (Å²) in [5, 5.41) is 0. The van der Waals surface area contributed by atoms with E-state index >= 15 is 0 Å². The van der Waals surface area contributed by atoms with E-state index < -0.39 is 45.3 Å². The summed E-state index contributed by atoms with van der Waals surface area (Å²) >= 11 is 0. The Balaban J connectivity index is 2.23. The molecule has 198 valence electrons. The summed E-state index contributed by atoms with van der Waals surface area (Å²) in [6, 6.07) is 5.64. The van der Waals surface area contributed by atoms with Gasteiger partial charge in [0.25, 0.3) is 0 Å². The molecule has 0 N–H and O–H groups in total. The van der Waals surface area contributed by atoms with Gasteiger partial charge < -0.3 is 13.7 Å². The van der Waals surface area contributed by atoms with Gasteiger partial charge in [-0.25, -0.2) is 9.18 Å². The molecule has 1 heterocycles. The Morgan fingerprint density at radius 2 is 1.76 bits per heavy atom. The topological polar surface area (TPSA) is 96.0 Å². The second kappa shape index (κ2) is 11.2. The molecule has 0 atom stereocenters. The maximum atomic E-state index is 14.9. The molecule has 0 aliphatic carbocycles. The minimum Gasteiger partial charge on any atom is -0.469 e. The Morgan fingerprint density at radius 1 is 1.11 bits per heavy atom. The number of methoxy groups -OCH3 is 1. The van der Waals surface area contributed by atoms with Crippen LogP contribution in [0.4, 0.5) is 13.2 Å². The maximum absolute atomic E-state index is 14.9. The third-order valence-electron chi connectivity index (χ3n) is 5.98. The smallest absolute Gasteiger partial charge is 0.342 e. The molecule has 0 saturated heterocycles. The maximum Gasteiger partial charge on any atom is 0.342 e. The van der Waals surface area contributed by atoms with Gasteiger partial charge in [-0.3, -0.25) is 4.79 Å². The van der Waals surface area contributed by atoms with Gasteiger partial charge in [0.05, 0.1) is 7.11 Å². The number of ether oxygens (including phenoxy) is 2. The van der Waals surface area contributed by atoms with E-state index in [1.807, 2.05) is 0 Å². The molecule has 0 radical (unpaired) electrons. The number of carbonyl (C=O) groups excluding carboxylic acids is 2. The number of benzene rings is 2. The molecule has 0 aromatic heterocycles. The predicted octanol–water partition coefficient (Wildman–Crippen LogP) is 5.72. The first-order valence-electron chi connectivity index (χ1n) is 11.2. The van der Waals surface area contributed by atoms with E-state index in [9.17, 15) is 31.2 Å². The molecule has 0 amide bonds. The number of aryl methyl sites for hydroxylation is 1. The van der Waals surface area contributed by atoms with Crippen LogP contribution in [0.1, 0.15) is 57.9 Å². The van der Waals surface area contributed by atoms with Crippen LogP contribution < -0.4 is 4.18 Å². The summed E-state index contributed by atoms with van der Waals surface area (Å²) in [6.45, 7) is 4.39. The molecular formula is C26H25F3O7S. The largest absolute Gasteiger partial charge is 0.469 e. The fourth-order valence-electron chi connectivity index (χ4n) is 3.89. The van der Waals surface area contributed by atoms with Crippen LogP contribution in [0, 0.1) is 13.8 Å². The first kappa shape index (κ1) is 28.0. The highest BCUT2D eigenvalue weighted by molar-refractivity contribution is 7.87. The van der Waals surface area contributed by atoms with Crippen molar-refractivity contribution in [2.75, 3.05) is 7.11 Å². The van der Waals surface area contributed by atoms with Gasteiger partial charge in [0.2, 0.25) is 0 Å². The van der Waals surface area contributed by atoms with Crippen LogP contribution >= 0.6 is 0 Å². The highest BCUT2D eigenvalue weighted by Crippen LogP contribution is 2.44. The van der Waals surface area contributed by atoms with Crippen molar-refractivity contribution in [2.24, 2.45) is 0 Å². The van der Waals surface area contributed by atoms with Crippen molar-refractivity contribution in [1.29, 1.82) is 0 Å². The van der Waals surface area contributed by atoms with Crippen LogP contribution in [-0.4, -0.2) is 27.5 Å². The molecule has 1 aliphatic heterocycles. The zero-order valence-corrected chi connectivity index (χ0v) is 21.4. The molecule has 2 aromatic rings. The van der Waals surface area contributed by atoms with E-state index in [0.717, 1.165) is 5.56 Å². The number of rotatable bonds is 9. The number of carbonyl (C=O) groups is 2. The molecule has 0 spiro atoms. The number of cyclic esters (lactones) is 1. The second-order valence-electron chi connectivity index (χ2n) is 8.49. The van der Waals surface area contributed by atoms with E-state index in [0.29, 0.717) is 5.57 Å². The highest BCUT2D eigenvalue weighted by atomic mass is 32.2. The quantitative estimate of drug-likeness (QED) is 0.229. The van der Waals surface area contributed by atoms with Crippen LogP contribution in [0.25, 0.3) is 5.83 Å². The van der Waals surface area contributed by atoms with Crippen molar-refractivity contribution >= 4 is 27.9 Å². The molecule has 0 fully saturated rings. The first-order chi connectivity index (χ1) is 17.4. The lowest BCUT2D eigenvalue weighted by Gasteiger charge is -2.19. The summed E-state index contributed by atoms with van der Waals surface area (Å²) in [5.41, 5.74) is 0.341. The lowest BCUT2D eigenvalue weighted by molar-refractivity contribution is -0.140. The Labute approximate surface area is 212 Å². The number of hydrogen-bond acceptors (Lipinski definition) is 7. The van der Waals surface area contributed by atoms with Crippen LogP contribution in [0.2, 0.25) is 0 Å². The summed E-state index contributed by atoms with van der Waals surface area (Å²) in [7, 11) is -3.32. The average Bonchev–Trinajstić information content (AvgIpc) is 3.24. The third kappa shape index (κ3) is 6.04. The van der Waals surface area contributed by atoms with Gasteiger partial charge in [0.15, 0.2) is 11.6 Å². The van der Waals surface area contributed by atoms with Gasteiger partial charge in [-0.05, 0) is 51.3 Å². The van der Waals surface area contributed by atoms with Crippen molar-refractivity contribution < 1.29 is 44.8 Å². The van der Waals surface area contributed by atoms with Crippen molar-refractivity contribution in [2.45, 2.75) is 51.5 Å². The lowest BCUT2D eigenvalue weighted by atomic mass is 9.89. The molecule has 37 heavy (non-hydrogen) atoms. The zero-order valence-electron chi connectivity index (χ0n) is 20.6. The number of halogens is 3. The zero-order chi connectivity index (χ0) is 27.5. The van der Waals surface area contributed by atoms with Crippen LogP contribution in [0.3, 0.4) is 0 Å². The van der Waals surface area contributed by atoms with E-state index in [4.69, 9.17) is 8.92 Å². The van der Waals surface area contributed by atoms with Gasteiger partial charge in [-0.2, -0.15) is 17.2 Å². The van der Waals surface area contributed by atoms with Crippen LogP contribution in [0.5, 0.6) is 5.75 Å². The minimum absolute atomic E-state index is 0.00171. The fraction of sp³-hybridized carbons (Fsp3) is 0.308. The fourth-order valence-corrected chi connectivity index (χ4v) is 4.86. The van der Waals surface area contributed by atoms with Gasteiger partial charge >= 0.3 is 28.1 Å². The predicted molar refractivity (Wildman–Crippen MR) is 128 cm³/mol.